The molecule has 1 heterocycles. The maximum Gasteiger partial charge on any atom is 0.303 e. The fourth-order valence-electron chi connectivity index (χ4n) is 2.93. The molecular weight excluding hydrogens is 298 g/mol. The summed E-state index contributed by atoms with van der Waals surface area (Å²) in [6.07, 6.45) is 0.144. The number of nitro groups is 1. The molecule has 3 rings (SSSR count). The van der Waals surface area contributed by atoms with Crippen molar-refractivity contribution in [3.8, 4) is 16.9 Å². The Hall–Kier alpha value is -2.89. The lowest BCUT2D eigenvalue weighted by Gasteiger charge is -2.37. The standard InChI is InChI=1S/C17H15NO5/c1-17(9-8-16(19)20)14-10-11(18(21)22)6-7-12(14)13-4-2-3-5-15(13)23-17/h2-7,10H,8-9H2,1H3,(H,19,20). The zero-order chi connectivity index (χ0) is 16.6. The average Bonchev–Trinajstić information content (AvgIpc) is 2.53. The second kappa shape index (κ2) is 5.39. The van der Waals surface area contributed by atoms with E-state index in [0.717, 1.165) is 11.1 Å². The molecule has 0 saturated heterocycles. The number of carboxylic acids is 1. The minimum atomic E-state index is -0.930. The molecule has 1 unspecified atom stereocenters. The van der Waals surface area contributed by atoms with Crippen LogP contribution in [0, 0.1) is 10.1 Å². The summed E-state index contributed by atoms with van der Waals surface area (Å²) in [4.78, 5) is 21.6. The molecule has 0 spiro atoms. The maximum atomic E-state index is 11.1. The van der Waals surface area contributed by atoms with Crippen molar-refractivity contribution in [2.45, 2.75) is 25.4 Å². The third-order valence-electron chi connectivity index (χ3n) is 4.11. The number of carbonyl (C=O) groups is 1. The molecule has 2 aromatic carbocycles. The van der Waals surface area contributed by atoms with Crippen LogP contribution in [0.1, 0.15) is 25.3 Å². The number of aliphatic carboxylic acids is 1. The monoisotopic (exact) mass is 313 g/mol. The first-order valence-electron chi connectivity index (χ1n) is 7.20. The highest BCUT2D eigenvalue weighted by atomic mass is 16.6. The number of benzene rings is 2. The predicted molar refractivity (Wildman–Crippen MR) is 83.4 cm³/mol. The lowest BCUT2D eigenvalue weighted by molar-refractivity contribution is -0.385. The van der Waals surface area contributed by atoms with Gasteiger partial charge in [0.1, 0.15) is 11.4 Å². The number of hydrogen-bond donors (Lipinski definition) is 1. The molecule has 0 radical (unpaired) electrons. The van der Waals surface area contributed by atoms with E-state index in [-0.39, 0.29) is 18.5 Å². The van der Waals surface area contributed by atoms with Crippen molar-refractivity contribution in [3.05, 3.63) is 58.1 Å². The highest BCUT2D eigenvalue weighted by Crippen LogP contribution is 2.47. The second-order valence-electron chi connectivity index (χ2n) is 5.71. The summed E-state index contributed by atoms with van der Waals surface area (Å²) < 4.78 is 6.05. The maximum absolute atomic E-state index is 11.1. The quantitative estimate of drug-likeness (QED) is 0.686. The van der Waals surface area contributed by atoms with Gasteiger partial charge in [0.05, 0.1) is 4.92 Å². The third kappa shape index (κ3) is 2.63. The van der Waals surface area contributed by atoms with Crippen LogP contribution in [0.3, 0.4) is 0 Å². The Morgan fingerprint density at radius 1 is 1.26 bits per heavy atom. The summed E-state index contributed by atoms with van der Waals surface area (Å²) in [5.41, 5.74) is 1.38. The van der Waals surface area contributed by atoms with E-state index in [4.69, 9.17) is 9.84 Å². The smallest absolute Gasteiger partial charge is 0.303 e. The van der Waals surface area contributed by atoms with Crippen molar-refractivity contribution in [2.75, 3.05) is 0 Å². The largest absolute Gasteiger partial charge is 0.482 e. The summed E-state index contributed by atoms with van der Waals surface area (Å²) in [5.74, 6) is -0.276. The van der Waals surface area contributed by atoms with Crippen molar-refractivity contribution in [3.63, 3.8) is 0 Å². The predicted octanol–water partition coefficient (Wildman–Crippen LogP) is 3.73. The highest BCUT2D eigenvalue weighted by molar-refractivity contribution is 5.78. The van der Waals surface area contributed by atoms with Crippen LogP contribution in [-0.2, 0) is 10.4 Å². The van der Waals surface area contributed by atoms with Gasteiger partial charge in [-0.1, -0.05) is 18.2 Å². The number of hydrogen-bond acceptors (Lipinski definition) is 4. The van der Waals surface area contributed by atoms with Crippen LogP contribution in [-0.4, -0.2) is 16.0 Å². The van der Waals surface area contributed by atoms with Crippen LogP contribution < -0.4 is 4.74 Å². The summed E-state index contributed by atoms with van der Waals surface area (Å²) in [7, 11) is 0. The van der Waals surface area contributed by atoms with Crippen molar-refractivity contribution in [1.82, 2.24) is 0 Å². The molecule has 0 aliphatic carbocycles. The molecule has 0 amide bonds. The minimum absolute atomic E-state index is 0.0340. The van der Waals surface area contributed by atoms with Gasteiger partial charge in [-0.05, 0) is 24.6 Å². The number of rotatable bonds is 4. The Kier molecular flexibility index (Phi) is 3.52. The lowest BCUT2D eigenvalue weighted by Crippen LogP contribution is -2.33. The number of para-hydroxylation sites is 1. The Labute approximate surface area is 132 Å². The first kappa shape index (κ1) is 15.0. The van der Waals surface area contributed by atoms with Crippen LogP contribution in [0.25, 0.3) is 11.1 Å². The Morgan fingerprint density at radius 3 is 2.70 bits per heavy atom. The van der Waals surface area contributed by atoms with Gasteiger partial charge in [0.15, 0.2) is 0 Å². The third-order valence-corrected chi connectivity index (χ3v) is 4.11. The normalized spacial score (nSPS) is 18.5. The number of nitro benzene ring substituents is 1. The topological polar surface area (TPSA) is 89.7 Å². The number of fused-ring (bicyclic) bond motifs is 3. The van der Waals surface area contributed by atoms with Gasteiger partial charge in [0, 0.05) is 36.1 Å². The van der Waals surface area contributed by atoms with Crippen molar-refractivity contribution >= 4 is 11.7 Å². The summed E-state index contributed by atoms with van der Waals surface area (Å²) in [5, 5.41) is 20.1. The number of ether oxygens (including phenoxy) is 1. The molecule has 0 fully saturated rings. The molecule has 0 bridgehead atoms. The lowest BCUT2D eigenvalue weighted by atomic mass is 9.82. The zero-order valence-corrected chi connectivity index (χ0v) is 12.5. The fourth-order valence-corrected chi connectivity index (χ4v) is 2.93. The van der Waals surface area contributed by atoms with E-state index in [0.29, 0.717) is 11.3 Å². The molecule has 0 aromatic heterocycles. The molecular formula is C17H15NO5. The molecule has 6 nitrogen and oxygen atoms in total. The molecule has 2 aromatic rings. The van der Waals surface area contributed by atoms with Crippen molar-refractivity contribution in [2.24, 2.45) is 0 Å². The first-order valence-corrected chi connectivity index (χ1v) is 7.20. The molecule has 1 aliphatic rings. The van der Waals surface area contributed by atoms with Gasteiger partial charge in [-0.3, -0.25) is 14.9 Å². The van der Waals surface area contributed by atoms with Gasteiger partial charge in [-0.25, -0.2) is 0 Å². The minimum Gasteiger partial charge on any atom is -0.482 e. The SMILES string of the molecule is CC1(CCC(=O)O)Oc2ccccc2-c2ccc([N+](=O)[O-])cc21. The molecule has 1 aliphatic heterocycles. The second-order valence-corrected chi connectivity index (χ2v) is 5.71. The van der Waals surface area contributed by atoms with Gasteiger partial charge in [-0.2, -0.15) is 0 Å². The molecule has 1 atom stereocenters. The van der Waals surface area contributed by atoms with Gasteiger partial charge in [0.2, 0.25) is 0 Å². The summed E-state index contributed by atoms with van der Waals surface area (Å²) >= 11 is 0. The molecule has 0 saturated carbocycles. The van der Waals surface area contributed by atoms with E-state index >= 15 is 0 Å². The van der Waals surface area contributed by atoms with Crippen LogP contribution in [0.2, 0.25) is 0 Å². The van der Waals surface area contributed by atoms with E-state index in [2.05, 4.69) is 0 Å². The molecule has 6 heteroatoms. The van der Waals surface area contributed by atoms with E-state index in [1.165, 1.54) is 12.1 Å². The van der Waals surface area contributed by atoms with Crippen LogP contribution in [0.15, 0.2) is 42.5 Å². The van der Waals surface area contributed by atoms with Crippen LogP contribution in [0.5, 0.6) is 5.75 Å². The van der Waals surface area contributed by atoms with E-state index in [1.807, 2.05) is 24.3 Å². The van der Waals surface area contributed by atoms with Crippen molar-refractivity contribution in [1.29, 1.82) is 0 Å². The highest BCUT2D eigenvalue weighted by Gasteiger charge is 2.38. The molecule has 118 valence electrons. The van der Waals surface area contributed by atoms with Crippen molar-refractivity contribution < 1.29 is 19.6 Å². The summed E-state index contributed by atoms with van der Waals surface area (Å²) in [6.45, 7) is 1.77. The number of non-ortho nitro benzene ring substituents is 1. The van der Waals surface area contributed by atoms with Gasteiger partial charge < -0.3 is 9.84 Å². The number of carboxylic acid groups (broad SMARTS) is 1. The molecule has 1 N–H and O–H groups in total. The summed E-state index contributed by atoms with van der Waals surface area (Å²) in [6, 6.07) is 12.1. The molecule has 23 heavy (non-hydrogen) atoms. The Bertz CT molecular complexity index is 801. The van der Waals surface area contributed by atoms with E-state index < -0.39 is 16.5 Å². The Morgan fingerprint density at radius 2 is 2.00 bits per heavy atom. The Balaban J connectivity index is 2.17. The van der Waals surface area contributed by atoms with E-state index in [9.17, 15) is 14.9 Å². The number of nitrogens with zero attached hydrogens (tertiary/aromatic N) is 1. The first-order chi connectivity index (χ1) is 10.9. The van der Waals surface area contributed by atoms with Gasteiger partial charge >= 0.3 is 5.97 Å². The van der Waals surface area contributed by atoms with Crippen LogP contribution >= 0.6 is 0 Å². The van der Waals surface area contributed by atoms with Gasteiger partial charge in [0.25, 0.3) is 5.69 Å². The van der Waals surface area contributed by atoms with Crippen LogP contribution in [0.4, 0.5) is 5.69 Å². The fraction of sp³-hybridized carbons (Fsp3) is 0.235. The average molecular weight is 313 g/mol. The van der Waals surface area contributed by atoms with E-state index in [1.54, 1.807) is 13.0 Å². The van der Waals surface area contributed by atoms with Gasteiger partial charge in [-0.15, -0.1) is 0 Å². The zero-order valence-electron chi connectivity index (χ0n) is 12.5.